The van der Waals surface area contributed by atoms with Crippen LogP contribution in [0.15, 0.2) is 24.3 Å². The lowest BCUT2D eigenvalue weighted by molar-refractivity contribution is 0.262. The van der Waals surface area contributed by atoms with E-state index in [0.717, 1.165) is 23.5 Å². The van der Waals surface area contributed by atoms with Crippen LogP contribution >= 0.6 is 11.6 Å². The number of rotatable bonds is 5. The highest BCUT2D eigenvalue weighted by Crippen LogP contribution is 2.27. The van der Waals surface area contributed by atoms with Gasteiger partial charge in [0, 0.05) is 12.5 Å². The van der Waals surface area contributed by atoms with Crippen LogP contribution in [0.2, 0.25) is 5.02 Å². The van der Waals surface area contributed by atoms with Crippen molar-refractivity contribution in [2.24, 2.45) is 0 Å². The molecule has 2 rings (SSSR count). The summed E-state index contributed by atoms with van der Waals surface area (Å²) in [4.78, 5) is 0. The molecule has 1 heterocycles. The molecule has 2 aromatic rings. The fourth-order valence-corrected chi connectivity index (χ4v) is 2.53. The summed E-state index contributed by atoms with van der Waals surface area (Å²) in [5, 5.41) is 14.6. The number of nitrogens with zero attached hydrogens (tertiary/aromatic N) is 2. The quantitative estimate of drug-likeness (QED) is 0.919. The minimum absolute atomic E-state index is 0.0180. The molecule has 1 unspecified atom stereocenters. The molecule has 108 valence electrons. The Hall–Kier alpha value is -1.39. The molecule has 0 aliphatic heterocycles. The lowest BCUT2D eigenvalue weighted by Gasteiger charge is -2.15. The predicted molar refractivity (Wildman–Crippen MR) is 77.6 cm³/mol. The normalized spacial score (nSPS) is 12.7. The van der Waals surface area contributed by atoms with Crippen LogP contribution in [0.3, 0.4) is 0 Å². The number of hydrogen-bond acceptors (Lipinski definition) is 2. The van der Waals surface area contributed by atoms with Crippen molar-refractivity contribution in [3.05, 3.63) is 52.1 Å². The van der Waals surface area contributed by atoms with Gasteiger partial charge < -0.3 is 5.11 Å². The molecule has 0 radical (unpaired) electrons. The summed E-state index contributed by atoms with van der Waals surface area (Å²) in [7, 11) is 0. The Morgan fingerprint density at radius 2 is 2.00 bits per heavy atom. The average Bonchev–Trinajstić information content (AvgIpc) is 2.73. The molecule has 0 saturated heterocycles. The van der Waals surface area contributed by atoms with Gasteiger partial charge in [-0.3, -0.25) is 4.68 Å². The van der Waals surface area contributed by atoms with E-state index >= 15 is 0 Å². The van der Waals surface area contributed by atoms with Crippen molar-refractivity contribution in [3.8, 4) is 0 Å². The standard InChI is InChI=1S/C15H18ClFN2O/c1-3-19-14(15(16)10(2)18-19)8-12(9-20)11-4-6-13(17)7-5-11/h4-7,12,20H,3,8-9H2,1-2H3. The van der Waals surface area contributed by atoms with Gasteiger partial charge in [0.1, 0.15) is 5.82 Å². The van der Waals surface area contributed by atoms with Crippen LogP contribution in [-0.4, -0.2) is 21.5 Å². The van der Waals surface area contributed by atoms with Gasteiger partial charge in [0.2, 0.25) is 0 Å². The Bertz CT molecular complexity index is 580. The summed E-state index contributed by atoms with van der Waals surface area (Å²) in [6.07, 6.45) is 0.579. The van der Waals surface area contributed by atoms with Gasteiger partial charge in [-0.25, -0.2) is 4.39 Å². The molecule has 0 bridgehead atoms. The summed E-state index contributed by atoms with van der Waals surface area (Å²) in [6, 6.07) is 6.21. The maximum atomic E-state index is 13.0. The lowest BCUT2D eigenvalue weighted by Crippen LogP contribution is -2.12. The Morgan fingerprint density at radius 1 is 1.35 bits per heavy atom. The molecular formula is C15H18ClFN2O. The van der Waals surface area contributed by atoms with Gasteiger partial charge in [-0.2, -0.15) is 5.10 Å². The molecule has 3 nitrogen and oxygen atoms in total. The monoisotopic (exact) mass is 296 g/mol. The van der Waals surface area contributed by atoms with E-state index in [1.165, 1.54) is 12.1 Å². The molecule has 1 aromatic heterocycles. The van der Waals surface area contributed by atoms with Gasteiger partial charge in [-0.15, -0.1) is 0 Å². The van der Waals surface area contributed by atoms with Crippen molar-refractivity contribution in [2.75, 3.05) is 6.61 Å². The summed E-state index contributed by atoms with van der Waals surface area (Å²) in [6.45, 7) is 4.57. The van der Waals surface area contributed by atoms with E-state index in [0.29, 0.717) is 11.4 Å². The van der Waals surface area contributed by atoms with E-state index in [9.17, 15) is 9.50 Å². The van der Waals surface area contributed by atoms with E-state index in [1.807, 2.05) is 18.5 Å². The first kappa shape index (κ1) is 15.0. The topological polar surface area (TPSA) is 38.0 Å². The maximum Gasteiger partial charge on any atom is 0.123 e. The molecule has 0 aliphatic rings. The molecule has 20 heavy (non-hydrogen) atoms. The van der Waals surface area contributed by atoms with Crippen molar-refractivity contribution in [1.29, 1.82) is 0 Å². The molecule has 0 spiro atoms. The van der Waals surface area contributed by atoms with E-state index in [-0.39, 0.29) is 18.3 Å². The molecule has 1 atom stereocenters. The van der Waals surface area contributed by atoms with Gasteiger partial charge in [0.25, 0.3) is 0 Å². The van der Waals surface area contributed by atoms with E-state index in [4.69, 9.17) is 11.6 Å². The number of aryl methyl sites for hydroxylation is 2. The second-order valence-electron chi connectivity index (χ2n) is 4.80. The number of benzene rings is 1. The largest absolute Gasteiger partial charge is 0.396 e. The van der Waals surface area contributed by atoms with Crippen molar-refractivity contribution in [1.82, 2.24) is 9.78 Å². The van der Waals surface area contributed by atoms with Crippen LogP contribution in [0.4, 0.5) is 4.39 Å². The zero-order chi connectivity index (χ0) is 14.7. The molecule has 0 saturated carbocycles. The van der Waals surface area contributed by atoms with Crippen molar-refractivity contribution < 1.29 is 9.50 Å². The fraction of sp³-hybridized carbons (Fsp3) is 0.400. The lowest BCUT2D eigenvalue weighted by atomic mass is 9.95. The first-order valence-electron chi connectivity index (χ1n) is 6.64. The summed E-state index contributed by atoms with van der Waals surface area (Å²) in [5.74, 6) is -0.396. The zero-order valence-electron chi connectivity index (χ0n) is 11.6. The van der Waals surface area contributed by atoms with Crippen LogP contribution < -0.4 is 0 Å². The Balaban J connectivity index is 2.28. The number of aliphatic hydroxyl groups excluding tert-OH is 1. The Kier molecular flexibility index (Phi) is 4.78. The minimum atomic E-state index is -0.280. The molecular weight excluding hydrogens is 279 g/mol. The van der Waals surface area contributed by atoms with Crippen LogP contribution in [0.25, 0.3) is 0 Å². The third-order valence-corrected chi connectivity index (χ3v) is 3.95. The molecule has 0 amide bonds. The van der Waals surface area contributed by atoms with Crippen molar-refractivity contribution >= 4 is 11.6 Å². The summed E-state index contributed by atoms with van der Waals surface area (Å²) >= 11 is 6.28. The molecule has 5 heteroatoms. The van der Waals surface area contributed by atoms with E-state index < -0.39 is 0 Å². The second-order valence-corrected chi connectivity index (χ2v) is 5.17. The molecule has 0 aliphatic carbocycles. The first-order chi connectivity index (χ1) is 9.56. The summed E-state index contributed by atoms with van der Waals surface area (Å²) < 4.78 is 14.8. The summed E-state index contributed by atoms with van der Waals surface area (Å²) in [5.41, 5.74) is 2.60. The van der Waals surface area contributed by atoms with Gasteiger partial charge in [-0.05, 0) is 38.0 Å². The fourth-order valence-electron chi connectivity index (χ4n) is 2.32. The zero-order valence-corrected chi connectivity index (χ0v) is 12.4. The maximum absolute atomic E-state index is 13.0. The van der Waals surface area contributed by atoms with E-state index in [2.05, 4.69) is 5.10 Å². The molecule has 0 fully saturated rings. The van der Waals surface area contributed by atoms with Crippen LogP contribution in [-0.2, 0) is 13.0 Å². The smallest absolute Gasteiger partial charge is 0.123 e. The highest BCUT2D eigenvalue weighted by molar-refractivity contribution is 6.31. The predicted octanol–water partition coefficient (Wildman–Crippen LogP) is 3.32. The van der Waals surface area contributed by atoms with Crippen molar-refractivity contribution in [2.45, 2.75) is 32.7 Å². The molecule has 1 aromatic carbocycles. The van der Waals surface area contributed by atoms with Crippen molar-refractivity contribution in [3.63, 3.8) is 0 Å². The second kappa shape index (κ2) is 6.37. The third-order valence-electron chi connectivity index (χ3n) is 3.45. The van der Waals surface area contributed by atoms with Gasteiger partial charge in [0.05, 0.1) is 23.0 Å². The van der Waals surface area contributed by atoms with Crippen LogP contribution in [0.1, 0.15) is 29.8 Å². The highest BCUT2D eigenvalue weighted by atomic mass is 35.5. The van der Waals surface area contributed by atoms with Crippen LogP contribution in [0.5, 0.6) is 0 Å². The highest BCUT2D eigenvalue weighted by Gasteiger charge is 2.19. The minimum Gasteiger partial charge on any atom is -0.396 e. The van der Waals surface area contributed by atoms with Gasteiger partial charge >= 0.3 is 0 Å². The Morgan fingerprint density at radius 3 is 2.55 bits per heavy atom. The third kappa shape index (κ3) is 3.02. The average molecular weight is 297 g/mol. The van der Waals surface area contributed by atoms with Crippen LogP contribution in [0, 0.1) is 12.7 Å². The SMILES string of the molecule is CCn1nc(C)c(Cl)c1CC(CO)c1ccc(F)cc1. The number of aliphatic hydroxyl groups is 1. The van der Waals surface area contributed by atoms with E-state index in [1.54, 1.807) is 12.1 Å². The number of aromatic nitrogens is 2. The number of hydrogen-bond donors (Lipinski definition) is 1. The molecule has 1 N–H and O–H groups in total. The number of halogens is 2. The van der Waals surface area contributed by atoms with Gasteiger partial charge in [0.15, 0.2) is 0 Å². The van der Waals surface area contributed by atoms with Gasteiger partial charge in [-0.1, -0.05) is 23.7 Å². The first-order valence-corrected chi connectivity index (χ1v) is 7.02. The Labute approximate surface area is 123 Å².